The number of carbonyl (C=O) groups excluding carboxylic acids is 1. The van der Waals surface area contributed by atoms with Gasteiger partial charge >= 0.3 is 22.4 Å². The number of carbonyl (C=O) groups is 1. The van der Waals surface area contributed by atoms with Crippen LogP contribution in [0.1, 0.15) is 5.56 Å². The van der Waals surface area contributed by atoms with Gasteiger partial charge in [-0.2, -0.15) is 0 Å². The Bertz CT molecular complexity index is 364. The first kappa shape index (κ1) is 13.8. The van der Waals surface area contributed by atoms with Crippen molar-refractivity contribution in [2.75, 3.05) is 0 Å². The van der Waals surface area contributed by atoms with E-state index < -0.39 is 5.97 Å². The maximum absolute atomic E-state index is 10.1. The van der Waals surface area contributed by atoms with E-state index in [1.54, 1.807) is 12.1 Å². The summed E-state index contributed by atoms with van der Waals surface area (Å²) in [5.74, 6) is -1.26. The first-order valence-corrected chi connectivity index (χ1v) is 4.19. The largest absolute Gasteiger partial charge is 1.00 e. The van der Waals surface area contributed by atoms with E-state index in [0.29, 0.717) is 15.6 Å². The molecule has 0 aliphatic rings. The Morgan fingerprint density at radius 3 is 2.50 bits per heavy atom. The van der Waals surface area contributed by atoms with Gasteiger partial charge in [-0.3, -0.25) is 0 Å². The molecule has 0 radical (unpaired) electrons. The molecule has 0 N–H and O–H groups in total. The molecule has 5 heteroatoms. The predicted molar refractivity (Wildman–Crippen MR) is 50.5 cm³/mol. The van der Waals surface area contributed by atoms with Gasteiger partial charge in [-0.1, -0.05) is 35.3 Å². The molecule has 78 valence electrons. The summed E-state index contributed by atoms with van der Waals surface area (Å²) in [4.78, 5) is 10.1. The van der Waals surface area contributed by atoms with Gasteiger partial charge in [-0.15, -0.1) is 0 Å². The van der Waals surface area contributed by atoms with Gasteiger partial charge in [0.1, 0.15) is 0 Å². The summed E-state index contributed by atoms with van der Waals surface area (Å²) in [6.45, 7) is 0. The minimum absolute atomic E-state index is 0. The maximum atomic E-state index is 10.1. The fourth-order valence-electron chi connectivity index (χ4n) is 0.794. The number of hydrogen-bond donors (Lipinski definition) is 0. The number of rotatable bonds is 2. The van der Waals surface area contributed by atoms with Crippen molar-refractivity contribution in [3.8, 4) is 0 Å². The van der Waals surface area contributed by atoms with Gasteiger partial charge in [0.25, 0.3) is 0 Å². The molecule has 1 rings (SSSR count). The molecule has 1 aromatic carbocycles. The van der Waals surface area contributed by atoms with Gasteiger partial charge in [0, 0.05) is 10.0 Å². The molecule has 0 aliphatic carbocycles. The smallest absolute Gasteiger partial charge is 0.545 e. The number of halogens is 2. The Kier molecular flexibility index (Phi) is 6.16. The van der Waals surface area contributed by atoms with Gasteiger partial charge in [-0.25, -0.2) is 0 Å². The van der Waals surface area contributed by atoms with Crippen LogP contribution in [0.5, 0.6) is 0 Å². The van der Waals surface area contributed by atoms with E-state index in [-0.39, 0.29) is 22.4 Å². The fourth-order valence-corrected chi connectivity index (χ4v) is 1.27. The van der Waals surface area contributed by atoms with E-state index in [4.69, 9.17) is 23.2 Å². The van der Waals surface area contributed by atoms with Crippen LogP contribution in [0.15, 0.2) is 24.3 Å². The van der Waals surface area contributed by atoms with E-state index in [1.807, 2.05) is 0 Å². The van der Waals surface area contributed by atoms with Crippen molar-refractivity contribution in [3.63, 3.8) is 0 Å². The molecule has 2 nitrogen and oxygen atoms in total. The minimum Gasteiger partial charge on any atom is -0.545 e. The van der Waals surface area contributed by atoms with Crippen molar-refractivity contribution in [1.82, 2.24) is 0 Å². The van der Waals surface area contributed by atoms with Crippen molar-refractivity contribution < 1.29 is 32.3 Å². The van der Waals surface area contributed by atoms with Gasteiger partial charge in [0.2, 0.25) is 0 Å². The third-order valence-electron chi connectivity index (χ3n) is 1.36. The molecule has 0 saturated heterocycles. The van der Waals surface area contributed by atoms with Crippen LogP contribution in [-0.4, -0.2) is 5.97 Å². The molecule has 14 heavy (non-hydrogen) atoms. The van der Waals surface area contributed by atoms with Crippen LogP contribution in [-0.2, 0) is 27.2 Å². The van der Waals surface area contributed by atoms with Crippen molar-refractivity contribution in [1.29, 1.82) is 0 Å². The molecule has 0 bridgehead atoms. The van der Waals surface area contributed by atoms with Crippen LogP contribution >= 0.6 is 23.2 Å². The number of aliphatic carboxylic acids is 1. The molecule has 0 heterocycles. The van der Waals surface area contributed by atoms with Crippen LogP contribution in [0.3, 0.4) is 0 Å². The third-order valence-corrected chi connectivity index (χ3v) is 1.92. The molecule has 0 spiro atoms. The van der Waals surface area contributed by atoms with Crippen molar-refractivity contribution in [2.24, 2.45) is 0 Å². The molecule has 0 aliphatic heterocycles. The second kappa shape index (κ2) is 6.27. The Morgan fingerprint density at radius 1 is 1.36 bits per heavy atom. The molecule has 1 aromatic rings. The normalized spacial score (nSPS) is 9.86. The quantitative estimate of drug-likeness (QED) is 0.614. The summed E-state index contributed by atoms with van der Waals surface area (Å²) in [7, 11) is 0. The van der Waals surface area contributed by atoms with Gasteiger partial charge in [-0.05, 0) is 23.8 Å². The Morgan fingerprint density at radius 2 is 2.00 bits per heavy atom. The number of carboxylic acid groups (broad SMARTS) is 1. The van der Waals surface area contributed by atoms with E-state index in [9.17, 15) is 9.90 Å². The second-order valence-corrected chi connectivity index (χ2v) is 3.16. The molecule has 0 aromatic heterocycles. The van der Waals surface area contributed by atoms with E-state index in [2.05, 4.69) is 0 Å². The summed E-state index contributed by atoms with van der Waals surface area (Å²) >= 11 is 11.4. The first-order chi connectivity index (χ1) is 6.09. The molecule has 0 unspecified atom stereocenters. The standard InChI is InChI=1S/C9H6Cl2O2.Ag/c10-7-3-1-6(8(11)5-7)2-4-9(12)13;/h1-5H,(H,12,13);/q;+1/p-1. The summed E-state index contributed by atoms with van der Waals surface area (Å²) in [6, 6.07) is 4.80. The number of hydrogen-bond acceptors (Lipinski definition) is 2. The summed E-state index contributed by atoms with van der Waals surface area (Å²) in [5.41, 5.74) is 0.593. The Hall–Kier alpha value is -0.250. The SMILES string of the molecule is O=C([O-])C=Cc1ccc(Cl)cc1Cl.[Ag+]. The topological polar surface area (TPSA) is 40.1 Å². The summed E-state index contributed by atoms with van der Waals surface area (Å²) in [6.07, 6.45) is 2.27. The molecule has 0 fully saturated rings. The van der Waals surface area contributed by atoms with Crippen molar-refractivity contribution in [3.05, 3.63) is 39.9 Å². The number of carboxylic acids is 1. The number of benzene rings is 1. The zero-order valence-corrected chi connectivity index (χ0v) is 9.75. The molecular weight excluding hydrogens is 319 g/mol. The molecule has 0 amide bonds. The average molecular weight is 324 g/mol. The maximum Gasteiger partial charge on any atom is 1.00 e. The van der Waals surface area contributed by atoms with Crippen LogP contribution in [0.4, 0.5) is 0 Å². The Balaban J connectivity index is 0.00000169. The van der Waals surface area contributed by atoms with E-state index in [0.717, 1.165) is 6.08 Å². The van der Waals surface area contributed by atoms with Gasteiger partial charge in [0.05, 0.1) is 5.97 Å². The van der Waals surface area contributed by atoms with Crippen molar-refractivity contribution in [2.45, 2.75) is 0 Å². The zero-order chi connectivity index (χ0) is 9.84. The van der Waals surface area contributed by atoms with Crippen LogP contribution < -0.4 is 5.11 Å². The van der Waals surface area contributed by atoms with Gasteiger partial charge < -0.3 is 9.90 Å². The zero-order valence-electron chi connectivity index (χ0n) is 6.76. The third kappa shape index (κ3) is 4.31. The Labute approximate surface area is 107 Å². The van der Waals surface area contributed by atoms with Crippen LogP contribution in [0.2, 0.25) is 10.0 Å². The molecular formula is C9H5AgCl2O2. The summed E-state index contributed by atoms with van der Waals surface area (Å²) in [5, 5.41) is 11.0. The predicted octanol–water partition coefficient (Wildman–Crippen LogP) is 1.75. The summed E-state index contributed by atoms with van der Waals surface area (Å²) < 4.78 is 0. The fraction of sp³-hybridized carbons (Fsp3) is 0. The second-order valence-electron chi connectivity index (χ2n) is 2.32. The minimum atomic E-state index is -1.26. The average Bonchev–Trinajstić information content (AvgIpc) is 2.02. The van der Waals surface area contributed by atoms with E-state index in [1.165, 1.54) is 12.1 Å². The van der Waals surface area contributed by atoms with Crippen molar-refractivity contribution >= 4 is 35.2 Å². The first-order valence-electron chi connectivity index (χ1n) is 3.43. The van der Waals surface area contributed by atoms with Crippen LogP contribution in [0, 0.1) is 0 Å². The van der Waals surface area contributed by atoms with E-state index >= 15 is 0 Å². The monoisotopic (exact) mass is 322 g/mol. The van der Waals surface area contributed by atoms with Gasteiger partial charge in [0.15, 0.2) is 0 Å². The molecule has 0 atom stereocenters. The van der Waals surface area contributed by atoms with Crippen LogP contribution in [0.25, 0.3) is 6.08 Å². The molecule has 0 saturated carbocycles.